The molecule has 0 fully saturated rings. The van der Waals surface area contributed by atoms with Crippen molar-refractivity contribution in [1.82, 2.24) is 9.88 Å². The topological polar surface area (TPSA) is 79.5 Å². The third kappa shape index (κ3) is 4.09. The van der Waals surface area contributed by atoms with Crippen molar-refractivity contribution < 1.29 is 10.0 Å². The number of hydrogen-bond acceptors (Lipinski definition) is 5. The number of hydrogen-bond donors (Lipinski definition) is 1. The van der Waals surface area contributed by atoms with Gasteiger partial charge in [0.05, 0.1) is 11.5 Å². The van der Waals surface area contributed by atoms with Crippen LogP contribution in [0.25, 0.3) is 0 Å². The number of rotatable bonds is 7. The van der Waals surface area contributed by atoms with E-state index in [1.807, 2.05) is 23.1 Å². The fourth-order valence-corrected chi connectivity index (χ4v) is 2.39. The SMILES string of the molecule is Cc1c(CN(CCO)Cc2cccnc2)cccc1[N+](=O)[O-]. The largest absolute Gasteiger partial charge is 0.395 e. The van der Waals surface area contributed by atoms with Gasteiger partial charge in [0, 0.05) is 43.7 Å². The summed E-state index contributed by atoms with van der Waals surface area (Å²) in [6.07, 6.45) is 3.50. The monoisotopic (exact) mass is 301 g/mol. The van der Waals surface area contributed by atoms with Crippen LogP contribution in [0.4, 0.5) is 5.69 Å². The Hall–Kier alpha value is -2.31. The van der Waals surface area contributed by atoms with Crippen LogP contribution in [0.2, 0.25) is 0 Å². The molecule has 0 amide bonds. The van der Waals surface area contributed by atoms with Crippen molar-refractivity contribution in [1.29, 1.82) is 0 Å². The summed E-state index contributed by atoms with van der Waals surface area (Å²) in [7, 11) is 0. The molecule has 0 aliphatic rings. The van der Waals surface area contributed by atoms with Crippen molar-refractivity contribution in [3.8, 4) is 0 Å². The van der Waals surface area contributed by atoms with E-state index in [0.717, 1.165) is 11.1 Å². The van der Waals surface area contributed by atoms with E-state index in [9.17, 15) is 15.2 Å². The standard InChI is InChI=1S/C16H19N3O3/c1-13-15(5-2-6-16(13)19(21)22)12-18(8-9-20)11-14-4-3-7-17-10-14/h2-7,10,20H,8-9,11-12H2,1H3. The highest BCUT2D eigenvalue weighted by Crippen LogP contribution is 2.22. The van der Waals surface area contributed by atoms with E-state index in [4.69, 9.17) is 0 Å². The number of benzene rings is 1. The molecule has 0 unspecified atom stereocenters. The van der Waals surface area contributed by atoms with Gasteiger partial charge >= 0.3 is 0 Å². The van der Waals surface area contributed by atoms with E-state index in [-0.39, 0.29) is 17.2 Å². The van der Waals surface area contributed by atoms with Crippen LogP contribution in [0, 0.1) is 17.0 Å². The van der Waals surface area contributed by atoms with Gasteiger partial charge in [0.2, 0.25) is 0 Å². The van der Waals surface area contributed by atoms with Crippen LogP contribution in [0.3, 0.4) is 0 Å². The number of aliphatic hydroxyl groups is 1. The van der Waals surface area contributed by atoms with E-state index in [1.165, 1.54) is 6.07 Å². The molecule has 6 heteroatoms. The zero-order valence-corrected chi connectivity index (χ0v) is 12.5. The number of nitro groups is 1. The number of aromatic nitrogens is 1. The molecule has 1 N–H and O–H groups in total. The molecule has 1 heterocycles. The molecule has 0 saturated carbocycles. The molecular weight excluding hydrogens is 282 g/mol. The van der Waals surface area contributed by atoms with Crippen LogP contribution in [-0.4, -0.2) is 33.1 Å². The average molecular weight is 301 g/mol. The second kappa shape index (κ2) is 7.63. The first kappa shape index (κ1) is 16.1. The van der Waals surface area contributed by atoms with Crippen LogP contribution in [0.5, 0.6) is 0 Å². The fourth-order valence-electron chi connectivity index (χ4n) is 2.39. The van der Waals surface area contributed by atoms with Crippen LogP contribution < -0.4 is 0 Å². The highest BCUT2D eigenvalue weighted by molar-refractivity contribution is 5.44. The Kier molecular flexibility index (Phi) is 5.57. The van der Waals surface area contributed by atoms with Crippen LogP contribution in [0.15, 0.2) is 42.7 Å². The highest BCUT2D eigenvalue weighted by Gasteiger charge is 2.15. The van der Waals surface area contributed by atoms with Crippen molar-refractivity contribution in [3.05, 3.63) is 69.5 Å². The molecule has 2 rings (SSSR count). The number of pyridine rings is 1. The Morgan fingerprint density at radius 2 is 2.09 bits per heavy atom. The molecule has 0 saturated heterocycles. The molecular formula is C16H19N3O3. The lowest BCUT2D eigenvalue weighted by Gasteiger charge is -2.22. The summed E-state index contributed by atoms with van der Waals surface area (Å²) < 4.78 is 0. The van der Waals surface area contributed by atoms with E-state index >= 15 is 0 Å². The first-order chi connectivity index (χ1) is 10.6. The minimum atomic E-state index is -0.365. The molecule has 0 spiro atoms. The lowest BCUT2D eigenvalue weighted by molar-refractivity contribution is -0.385. The minimum Gasteiger partial charge on any atom is -0.395 e. The lowest BCUT2D eigenvalue weighted by atomic mass is 10.1. The van der Waals surface area contributed by atoms with Gasteiger partial charge < -0.3 is 5.11 Å². The summed E-state index contributed by atoms with van der Waals surface area (Å²) in [5.74, 6) is 0. The summed E-state index contributed by atoms with van der Waals surface area (Å²) >= 11 is 0. The maximum atomic E-state index is 11.0. The molecule has 1 aromatic heterocycles. The van der Waals surface area contributed by atoms with Gasteiger partial charge in [0.25, 0.3) is 5.69 Å². The first-order valence-corrected chi connectivity index (χ1v) is 7.07. The molecule has 0 aliphatic heterocycles. The van der Waals surface area contributed by atoms with Gasteiger partial charge in [-0.15, -0.1) is 0 Å². The summed E-state index contributed by atoms with van der Waals surface area (Å²) in [4.78, 5) is 16.8. The van der Waals surface area contributed by atoms with Gasteiger partial charge in [-0.05, 0) is 24.1 Å². The minimum absolute atomic E-state index is 0.0359. The van der Waals surface area contributed by atoms with Crippen molar-refractivity contribution >= 4 is 5.69 Å². The van der Waals surface area contributed by atoms with Crippen molar-refractivity contribution in [2.24, 2.45) is 0 Å². The summed E-state index contributed by atoms with van der Waals surface area (Å²) in [5.41, 5.74) is 2.73. The zero-order chi connectivity index (χ0) is 15.9. The smallest absolute Gasteiger partial charge is 0.272 e. The third-order valence-corrected chi connectivity index (χ3v) is 3.55. The molecule has 22 heavy (non-hydrogen) atoms. The molecule has 0 bridgehead atoms. The Morgan fingerprint density at radius 1 is 1.27 bits per heavy atom. The molecule has 1 aromatic carbocycles. The maximum absolute atomic E-state index is 11.0. The van der Waals surface area contributed by atoms with E-state index in [2.05, 4.69) is 4.98 Å². The zero-order valence-electron chi connectivity index (χ0n) is 12.5. The molecule has 2 aromatic rings. The van der Waals surface area contributed by atoms with Crippen molar-refractivity contribution in [2.75, 3.05) is 13.2 Å². The van der Waals surface area contributed by atoms with Gasteiger partial charge in [-0.2, -0.15) is 0 Å². The normalized spacial score (nSPS) is 10.9. The van der Waals surface area contributed by atoms with Gasteiger partial charge in [-0.3, -0.25) is 20.0 Å². The van der Waals surface area contributed by atoms with Crippen LogP contribution >= 0.6 is 0 Å². The summed E-state index contributed by atoms with van der Waals surface area (Å²) in [6.45, 7) is 3.47. The highest BCUT2D eigenvalue weighted by atomic mass is 16.6. The predicted octanol–water partition coefficient (Wildman–Crippen LogP) is 2.29. The van der Waals surface area contributed by atoms with E-state index < -0.39 is 0 Å². The fraction of sp³-hybridized carbons (Fsp3) is 0.312. The number of nitro benzene ring substituents is 1. The molecule has 116 valence electrons. The summed E-state index contributed by atoms with van der Waals surface area (Å²) in [6, 6.07) is 8.93. The summed E-state index contributed by atoms with van der Waals surface area (Å²) in [5, 5.41) is 20.3. The van der Waals surface area contributed by atoms with Crippen molar-refractivity contribution in [3.63, 3.8) is 0 Å². The van der Waals surface area contributed by atoms with Crippen LogP contribution in [-0.2, 0) is 13.1 Å². The maximum Gasteiger partial charge on any atom is 0.272 e. The molecule has 0 atom stereocenters. The molecule has 0 aliphatic carbocycles. The Labute approximate surface area is 129 Å². The van der Waals surface area contributed by atoms with E-state index in [0.29, 0.717) is 25.2 Å². The lowest BCUT2D eigenvalue weighted by Crippen LogP contribution is -2.26. The van der Waals surface area contributed by atoms with Crippen LogP contribution in [0.1, 0.15) is 16.7 Å². The Bertz CT molecular complexity index is 632. The first-order valence-electron chi connectivity index (χ1n) is 7.07. The van der Waals surface area contributed by atoms with Crippen molar-refractivity contribution in [2.45, 2.75) is 20.0 Å². The number of aliphatic hydroxyl groups excluding tert-OH is 1. The van der Waals surface area contributed by atoms with Gasteiger partial charge in [-0.25, -0.2) is 0 Å². The Morgan fingerprint density at radius 3 is 2.73 bits per heavy atom. The second-order valence-corrected chi connectivity index (χ2v) is 5.11. The molecule has 0 radical (unpaired) electrons. The van der Waals surface area contributed by atoms with Gasteiger partial charge in [0.15, 0.2) is 0 Å². The second-order valence-electron chi connectivity index (χ2n) is 5.11. The van der Waals surface area contributed by atoms with Gasteiger partial charge in [-0.1, -0.05) is 18.2 Å². The Balaban J connectivity index is 2.17. The quantitative estimate of drug-likeness (QED) is 0.627. The van der Waals surface area contributed by atoms with Gasteiger partial charge in [0.1, 0.15) is 0 Å². The number of nitrogens with zero attached hydrogens (tertiary/aromatic N) is 3. The van der Waals surface area contributed by atoms with E-state index in [1.54, 1.807) is 25.4 Å². The molecule has 6 nitrogen and oxygen atoms in total. The third-order valence-electron chi connectivity index (χ3n) is 3.55. The average Bonchev–Trinajstić information content (AvgIpc) is 2.50. The predicted molar refractivity (Wildman–Crippen MR) is 83.3 cm³/mol.